The van der Waals surface area contributed by atoms with Crippen LogP contribution in [-0.4, -0.2) is 12.1 Å². The molecule has 1 rings (SSSR count). The summed E-state index contributed by atoms with van der Waals surface area (Å²) in [5, 5.41) is 3.49. The molecule has 0 aromatic rings. The van der Waals surface area contributed by atoms with Crippen molar-refractivity contribution in [2.45, 2.75) is 39.7 Å². The van der Waals surface area contributed by atoms with E-state index in [2.05, 4.69) is 33.0 Å². The molecule has 1 aliphatic carbocycles. The molecule has 0 radical (unpaired) electrons. The standard InChI is InChI=1S/C8H17N/c1-5-9-8(4)6-7(8,2)3/h9H,5-6H2,1-4H3. The summed E-state index contributed by atoms with van der Waals surface area (Å²) >= 11 is 0. The molecule has 1 atom stereocenters. The van der Waals surface area contributed by atoms with Gasteiger partial charge in [-0.2, -0.15) is 0 Å². The van der Waals surface area contributed by atoms with Crippen molar-refractivity contribution in [1.29, 1.82) is 0 Å². The van der Waals surface area contributed by atoms with Crippen molar-refractivity contribution in [3.8, 4) is 0 Å². The Labute approximate surface area is 57.8 Å². The van der Waals surface area contributed by atoms with E-state index < -0.39 is 0 Å². The molecule has 0 amide bonds. The highest BCUT2D eigenvalue weighted by Gasteiger charge is 2.56. The predicted molar refractivity (Wildman–Crippen MR) is 40.5 cm³/mol. The second-order valence-electron chi connectivity index (χ2n) is 3.92. The summed E-state index contributed by atoms with van der Waals surface area (Å²) in [4.78, 5) is 0. The Morgan fingerprint density at radius 3 is 1.89 bits per heavy atom. The van der Waals surface area contributed by atoms with Crippen molar-refractivity contribution in [2.24, 2.45) is 5.41 Å². The summed E-state index contributed by atoms with van der Waals surface area (Å²) in [6.07, 6.45) is 1.33. The average Bonchev–Trinajstić information content (AvgIpc) is 2.07. The highest BCUT2D eigenvalue weighted by atomic mass is 15.0. The molecule has 1 saturated carbocycles. The predicted octanol–water partition coefficient (Wildman–Crippen LogP) is 1.78. The lowest BCUT2D eigenvalue weighted by atomic mass is 10.1. The summed E-state index contributed by atoms with van der Waals surface area (Å²) in [6.45, 7) is 10.2. The van der Waals surface area contributed by atoms with E-state index in [4.69, 9.17) is 0 Å². The molecule has 1 heteroatoms. The Bertz CT molecular complexity index is 118. The summed E-state index contributed by atoms with van der Waals surface area (Å²) in [6, 6.07) is 0. The van der Waals surface area contributed by atoms with Gasteiger partial charge >= 0.3 is 0 Å². The molecule has 0 aromatic heterocycles. The van der Waals surface area contributed by atoms with Gasteiger partial charge in [-0.15, -0.1) is 0 Å². The van der Waals surface area contributed by atoms with E-state index >= 15 is 0 Å². The van der Waals surface area contributed by atoms with Gasteiger partial charge in [0.05, 0.1) is 0 Å². The van der Waals surface area contributed by atoms with Gasteiger partial charge < -0.3 is 5.32 Å². The SMILES string of the molecule is CCNC1(C)CC1(C)C. The van der Waals surface area contributed by atoms with Crippen LogP contribution in [0.1, 0.15) is 34.1 Å². The summed E-state index contributed by atoms with van der Waals surface area (Å²) < 4.78 is 0. The van der Waals surface area contributed by atoms with Crippen LogP contribution in [0.4, 0.5) is 0 Å². The topological polar surface area (TPSA) is 12.0 Å². The summed E-state index contributed by atoms with van der Waals surface area (Å²) in [5.41, 5.74) is 0.991. The number of hydrogen-bond acceptors (Lipinski definition) is 1. The summed E-state index contributed by atoms with van der Waals surface area (Å²) in [5.74, 6) is 0. The maximum absolute atomic E-state index is 3.49. The minimum Gasteiger partial charge on any atom is -0.311 e. The van der Waals surface area contributed by atoms with E-state index in [1.807, 2.05) is 0 Å². The molecule has 0 aliphatic heterocycles. The Hall–Kier alpha value is -0.0400. The minimum atomic E-state index is 0.446. The number of hydrogen-bond donors (Lipinski definition) is 1. The van der Waals surface area contributed by atoms with Gasteiger partial charge in [0.15, 0.2) is 0 Å². The maximum Gasteiger partial charge on any atom is 0.0210 e. The molecule has 1 nitrogen and oxygen atoms in total. The molecule has 0 aromatic carbocycles. The Morgan fingerprint density at radius 2 is 1.78 bits per heavy atom. The van der Waals surface area contributed by atoms with Crippen molar-refractivity contribution >= 4 is 0 Å². The van der Waals surface area contributed by atoms with Crippen molar-refractivity contribution in [1.82, 2.24) is 5.32 Å². The zero-order valence-corrected chi connectivity index (χ0v) is 6.91. The van der Waals surface area contributed by atoms with Crippen LogP contribution < -0.4 is 5.32 Å². The number of rotatable bonds is 2. The molecule has 1 aliphatic rings. The van der Waals surface area contributed by atoms with E-state index in [-0.39, 0.29) is 0 Å². The minimum absolute atomic E-state index is 0.446. The first-order valence-electron chi connectivity index (χ1n) is 3.77. The van der Waals surface area contributed by atoms with Gasteiger partial charge in [-0.1, -0.05) is 20.8 Å². The van der Waals surface area contributed by atoms with Crippen LogP contribution in [-0.2, 0) is 0 Å². The van der Waals surface area contributed by atoms with Crippen LogP contribution in [0.5, 0.6) is 0 Å². The van der Waals surface area contributed by atoms with E-state index in [1.165, 1.54) is 6.42 Å². The normalized spacial score (nSPS) is 38.7. The van der Waals surface area contributed by atoms with Crippen LogP contribution in [0, 0.1) is 5.41 Å². The molecule has 1 N–H and O–H groups in total. The van der Waals surface area contributed by atoms with Crippen molar-refractivity contribution in [3.05, 3.63) is 0 Å². The van der Waals surface area contributed by atoms with Crippen LogP contribution in [0.3, 0.4) is 0 Å². The first-order chi connectivity index (χ1) is 4.02. The van der Waals surface area contributed by atoms with Gasteiger partial charge in [-0.05, 0) is 25.3 Å². The molecular weight excluding hydrogens is 110 g/mol. The molecular formula is C8H17N. The highest BCUT2D eigenvalue weighted by Crippen LogP contribution is 2.54. The quantitative estimate of drug-likeness (QED) is 0.596. The molecule has 1 fully saturated rings. The molecule has 0 bridgehead atoms. The molecule has 0 heterocycles. The van der Waals surface area contributed by atoms with Crippen molar-refractivity contribution < 1.29 is 0 Å². The maximum atomic E-state index is 3.49. The van der Waals surface area contributed by atoms with Gasteiger partial charge in [0.2, 0.25) is 0 Å². The first-order valence-corrected chi connectivity index (χ1v) is 3.77. The van der Waals surface area contributed by atoms with Gasteiger partial charge in [-0.25, -0.2) is 0 Å². The molecule has 0 spiro atoms. The first kappa shape index (κ1) is 7.07. The largest absolute Gasteiger partial charge is 0.311 e. The van der Waals surface area contributed by atoms with E-state index in [9.17, 15) is 0 Å². The lowest BCUT2D eigenvalue weighted by Gasteiger charge is -2.14. The van der Waals surface area contributed by atoms with Crippen molar-refractivity contribution in [3.63, 3.8) is 0 Å². The van der Waals surface area contributed by atoms with E-state index in [0.29, 0.717) is 11.0 Å². The Balaban J connectivity index is 2.42. The van der Waals surface area contributed by atoms with Gasteiger partial charge in [0.1, 0.15) is 0 Å². The zero-order valence-electron chi connectivity index (χ0n) is 6.91. The van der Waals surface area contributed by atoms with Gasteiger partial charge in [0.25, 0.3) is 0 Å². The highest BCUT2D eigenvalue weighted by molar-refractivity contribution is 5.13. The fourth-order valence-electron chi connectivity index (χ4n) is 1.53. The lowest BCUT2D eigenvalue weighted by molar-refractivity contribution is 0.437. The molecule has 9 heavy (non-hydrogen) atoms. The zero-order chi connectivity index (χ0) is 7.12. The van der Waals surface area contributed by atoms with Crippen LogP contribution in [0.15, 0.2) is 0 Å². The summed E-state index contributed by atoms with van der Waals surface area (Å²) in [7, 11) is 0. The molecule has 54 valence electrons. The van der Waals surface area contributed by atoms with Crippen molar-refractivity contribution in [2.75, 3.05) is 6.54 Å². The third kappa shape index (κ3) is 0.983. The Kier molecular flexibility index (Phi) is 1.35. The molecule has 0 saturated heterocycles. The van der Waals surface area contributed by atoms with Crippen LogP contribution in [0.25, 0.3) is 0 Å². The fraction of sp³-hybridized carbons (Fsp3) is 1.00. The molecule has 1 unspecified atom stereocenters. The lowest BCUT2D eigenvalue weighted by Crippen LogP contribution is -2.32. The second kappa shape index (κ2) is 1.72. The van der Waals surface area contributed by atoms with Crippen LogP contribution >= 0.6 is 0 Å². The third-order valence-electron chi connectivity index (χ3n) is 2.73. The van der Waals surface area contributed by atoms with E-state index in [1.54, 1.807) is 0 Å². The Morgan fingerprint density at radius 1 is 1.33 bits per heavy atom. The third-order valence-corrected chi connectivity index (χ3v) is 2.73. The number of nitrogens with one attached hydrogen (secondary N) is 1. The van der Waals surface area contributed by atoms with E-state index in [0.717, 1.165) is 6.54 Å². The smallest absolute Gasteiger partial charge is 0.0210 e. The van der Waals surface area contributed by atoms with Gasteiger partial charge in [-0.3, -0.25) is 0 Å². The average molecular weight is 127 g/mol. The fourth-order valence-corrected chi connectivity index (χ4v) is 1.53. The van der Waals surface area contributed by atoms with Crippen LogP contribution in [0.2, 0.25) is 0 Å². The second-order valence-corrected chi connectivity index (χ2v) is 3.92. The van der Waals surface area contributed by atoms with Gasteiger partial charge in [0, 0.05) is 5.54 Å². The monoisotopic (exact) mass is 127 g/mol.